The summed E-state index contributed by atoms with van der Waals surface area (Å²) in [6.45, 7) is 8.37. The highest BCUT2D eigenvalue weighted by atomic mass is 32.2. The number of benzene rings is 2. The van der Waals surface area contributed by atoms with Crippen molar-refractivity contribution in [3.63, 3.8) is 0 Å². The molecule has 152 valence electrons. The molecule has 2 rings (SSSR count). The second-order valence-corrected chi connectivity index (χ2v) is 8.77. The number of carboxylic acid groups (broad SMARTS) is 1. The van der Waals surface area contributed by atoms with Crippen LogP contribution in [0.4, 0.5) is 11.4 Å². The molecule has 7 heteroatoms. The van der Waals surface area contributed by atoms with E-state index in [0.29, 0.717) is 5.56 Å². The van der Waals surface area contributed by atoms with Gasteiger partial charge in [0.2, 0.25) is 0 Å². The Hall–Kier alpha value is -2.54. The van der Waals surface area contributed by atoms with Crippen molar-refractivity contribution < 1.29 is 18.3 Å². The van der Waals surface area contributed by atoms with Crippen molar-refractivity contribution in [3.05, 3.63) is 52.6 Å². The SMILES string of the molecule is CCCCN(C)c1ccc(NS(=O)(=O)c2cc(C)c(C)cc2C)c(C(=O)O)c1. The van der Waals surface area contributed by atoms with Gasteiger partial charge in [-0.2, -0.15) is 0 Å². The van der Waals surface area contributed by atoms with Crippen LogP contribution in [0, 0.1) is 20.8 Å². The standard InChI is InChI=1S/C21H28N2O4S/c1-6-7-10-23(5)17-8-9-19(18(13-17)21(24)25)22-28(26,27)20-12-15(3)14(2)11-16(20)4/h8-9,11-13,22H,6-7,10H2,1-5H3,(H,24,25). The van der Waals surface area contributed by atoms with E-state index in [4.69, 9.17) is 0 Å². The van der Waals surface area contributed by atoms with Gasteiger partial charge >= 0.3 is 5.97 Å². The van der Waals surface area contributed by atoms with Crippen LogP contribution in [-0.2, 0) is 10.0 Å². The fraction of sp³-hybridized carbons (Fsp3) is 0.381. The monoisotopic (exact) mass is 404 g/mol. The third-order valence-corrected chi connectivity index (χ3v) is 6.35. The summed E-state index contributed by atoms with van der Waals surface area (Å²) in [7, 11) is -2.03. The molecule has 0 aromatic heterocycles. The van der Waals surface area contributed by atoms with E-state index >= 15 is 0 Å². The highest BCUT2D eigenvalue weighted by molar-refractivity contribution is 7.92. The molecular formula is C21H28N2O4S. The van der Waals surface area contributed by atoms with E-state index in [-0.39, 0.29) is 16.1 Å². The minimum atomic E-state index is -3.91. The molecule has 2 aromatic carbocycles. The number of carboxylic acids is 1. The number of hydrogen-bond donors (Lipinski definition) is 2. The van der Waals surface area contributed by atoms with Gasteiger partial charge in [0, 0.05) is 19.3 Å². The number of aryl methyl sites for hydroxylation is 3. The quantitative estimate of drug-likeness (QED) is 0.683. The zero-order valence-electron chi connectivity index (χ0n) is 17.0. The molecule has 28 heavy (non-hydrogen) atoms. The van der Waals surface area contributed by atoms with Gasteiger partial charge in [0.05, 0.1) is 16.1 Å². The Morgan fingerprint density at radius 2 is 1.71 bits per heavy atom. The lowest BCUT2D eigenvalue weighted by molar-refractivity contribution is 0.0698. The maximum absolute atomic E-state index is 12.9. The molecule has 0 saturated carbocycles. The fourth-order valence-corrected chi connectivity index (χ4v) is 4.38. The van der Waals surface area contributed by atoms with Crippen LogP contribution in [0.3, 0.4) is 0 Å². The average molecular weight is 405 g/mol. The molecule has 0 heterocycles. The normalized spacial score (nSPS) is 11.3. The number of aromatic carboxylic acids is 1. The van der Waals surface area contributed by atoms with E-state index < -0.39 is 16.0 Å². The number of anilines is 2. The largest absolute Gasteiger partial charge is 0.478 e. The molecular weight excluding hydrogens is 376 g/mol. The number of unbranched alkanes of at least 4 members (excludes halogenated alkanes) is 1. The molecule has 2 aromatic rings. The van der Waals surface area contributed by atoms with Gasteiger partial charge in [-0.05, 0) is 68.1 Å². The minimum absolute atomic E-state index is 0.0535. The van der Waals surface area contributed by atoms with Gasteiger partial charge in [-0.15, -0.1) is 0 Å². The summed E-state index contributed by atoms with van der Waals surface area (Å²) in [4.78, 5) is 13.9. The Morgan fingerprint density at radius 1 is 1.07 bits per heavy atom. The molecule has 0 amide bonds. The van der Waals surface area contributed by atoms with E-state index in [9.17, 15) is 18.3 Å². The molecule has 0 unspecified atom stereocenters. The molecule has 0 radical (unpaired) electrons. The van der Waals surface area contributed by atoms with Crippen LogP contribution in [0.15, 0.2) is 35.2 Å². The summed E-state index contributed by atoms with van der Waals surface area (Å²) < 4.78 is 28.3. The van der Waals surface area contributed by atoms with Crippen molar-refractivity contribution >= 4 is 27.4 Å². The molecule has 0 bridgehead atoms. The van der Waals surface area contributed by atoms with Crippen molar-refractivity contribution in [3.8, 4) is 0 Å². The van der Waals surface area contributed by atoms with Crippen LogP contribution in [0.5, 0.6) is 0 Å². The second-order valence-electron chi connectivity index (χ2n) is 7.12. The van der Waals surface area contributed by atoms with Crippen molar-refractivity contribution in [2.45, 2.75) is 45.4 Å². The number of nitrogens with one attached hydrogen (secondary N) is 1. The number of hydrogen-bond acceptors (Lipinski definition) is 4. The van der Waals surface area contributed by atoms with Crippen LogP contribution < -0.4 is 9.62 Å². The zero-order chi connectivity index (χ0) is 21.1. The summed E-state index contributed by atoms with van der Waals surface area (Å²) in [6, 6.07) is 8.17. The summed E-state index contributed by atoms with van der Waals surface area (Å²) >= 11 is 0. The Bertz CT molecular complexity index is 984. The lowest BCUT2D eigenvalue weighted by Gasteiger charge is -2.21. The first kappa shape index (κ1) is 21.8. The van der Waals surface area contributed by atoms with Gasteiger partial charge in [0.15, 0.2) is 0 Å². The molecule has 0 aliphatic rings. The smallest absolute Gasteiger partial charge is 0.337 e. The van der Waals surface area contributed by atoms with Gasteiger partial charge in [0.1, 0.15) is 0 Å². The predicted molar refractivity (Wildman–Crippen MR) is 113 cm³/mol. The highest BCUT2D eigenvalue weighted by Gasteiger charge is 2.22. The molecule has 0 atom stereocenters. The Labute approximate surface area is 167 Å². The van der Waals surface area contributed by atoms with Crippen LogP contribution in [0.25, 0.3) is 0 Å². The van der Waals surface area contributed by atoms with Crippen molar-refractivity contribution in [2.75, 3.05) is 23.2 Å². The van der Waals surface area contributed by atoms with Crippen molar-refractivity contribution in [2.24, 2.45) is 0 Å². The lowest BCUT2D eigenvalue weighted by Crippen LogP contribution is -2.20. The Morgan fingerprint density at radius 3 is 2.32 bits per heavy atom. The topological polar surface area (TPSA) is 86.7 Å². The molecule has 0 spiro atoms. The average Bonchev–Trinajstić information content (AvgIpc) is 2.62. The molecule has 2 N–H and O–H groups in total. The Kier molecular flexibility index (Phi) is 6.72. The van der Waals surface area contributed by atoms with Crippen LogP contribution in [0.2, 0.25) is 0 Å². The van der Waals surface area contributed by atoms with Gasteiger partial charge in [-0.3, -0.25) is 4.72 Å². The van der Waals surface area contributed by atoms with E-state index in [1.807, 2.05) is 31.9 Å². The highest BCUT2D eigenvalue weighted by Crippen LogP contribution is 2.27. The summed E-state index contributed by atoms with van der Waals surface area (Å²) in [5.74, 6) is -1.18. The third kappa shape index (κ3) is 4.84. The first-order valence-corrected chi connectivity index (χ1v) is 10.7. The van der Waals surface area contributed by atoms with Gasteiger partial charge in [-0.1, -0.05) is 19.4 Å². The van der Waals surface area contributed by atoms with E-state index in [0.717, 1.165) is 36.2 Å². The van der Waals surface area contributed by atoms with E-state index in [2.05, 4.69) is 11.6 Å². The molecule has 0 fully saturated rings. The van der Waals surface area contributed by atoms with E-state index in [1.165, 1.54) is 12.1 Å². The number of rotatable bonds is 8. The first-order chi connectivity index (χ1) is 13.1. The molecule has 0 aliphatic heterocycles. The second kappa shape index (κ2) is 8.65. The van der Waals surface area contributed by atoms with Crippen molar-refractivity contribution in [1.29, 1.82) is 0 Å². The number of sulfonamides is 1. The molecule has 0 aliphatic carbocycles. The van der Waals surface area contributed by atoms with Crippen LogP contribution >= 0.6 is 0 Å². The van der Waals surface area contributed by atoms with Crippen LogP contribution in [0.1, 0.15) is 46.8 Å². The summed E-state index contributed by atoms with van der Waals surface area (Å²) in [5.41, 5.74) is 3.18. The summed E-state index contributed by atoms with van der Waals surface area (Å²) in [5, 5.41) is 9.60. The third-order valence-electron chi connectivity index (χ3n) is 4.85. The molecule has 6 nitrogen and oxygen atoms in total. The van der Waals surface area contributed by atoms with Gasteiger partial charge in [-0.25, -0.2) is 13.2 Å². The number of nitrogens with zero attached hydrogens (tertiary/aromatic N) is 1. The Balaban J connectivity index is 2.42. The summed E-state index contributed by atoms with van der Waals surface area (Å²) in [6.07, 6.45) is 2.02. The van der Waals surface area contributed by atoms with Crippen molar-refractivity contribution in [1.82, 2.24) is 0 Å². The van der Waals surface area contributed by atoms with Gasteiger partial charge in [0.25, 0.3) is 10.0 Å². The minimum Gasteiger partial charge on any atom is -0.478 e. The number of carbonyl (C=O) groups is 1. The first-order valence-electron chi connectivity index (χ1n) is 9.26. The van der Waals surface area contributed by atoms with Gasteiger partial charge < -0.3 is 10.0 Å². The van der Waals surface area contributed by atoms with E-state index in [1.54, 1.807) is 19.1 Å². The zero-order valence-corrected chi connectivity index (χ0v) is 17.9. The predicted octanol–water partition coefficient (Wildman–Crippen LogP) is 4.35. The maximum atomic E-state index is 12.9. The maximum Gasteiger partial charge on any atom is 0.337 e. The molecule has 0 saturated heterocycles. The fourth-order valence-electron chi connectivity index (χ4n) is 2.98. The van der Waals surface area contributed by atoms with Crippen LogP contribution in [-0.4, -0.2) is 33.1 Å². The lowest BCUT2D eigenvalue weighted by atomic mass is 10.1.